The van der Waals surface area contributed by atoms with Crippen molar-refractivity contribution >= 4 is 17.5 Å². The number of anilines is 1. The van der Waals surface area contributed by atoms with Crippen LogP contribution >= 0.6 is 0 Å². The van der Waals surface area contributed by atoms with E-state index < -0.39 is 0 Å². The molecule has 0 saturated carbocycles. The highest BCUT2D eigenvalue weighted by Crippen LogP contribution is 2.22. The second-order valence-electron chi connectivity index (χ2n) is 6.97. The van der Waals surface area contributed by atoms with Crippen molar-refractivity contribution in [2.45, 2.75) is 19.1 Å². The van der Waals surface area contributed by atoms with Gasteiger partial charge < -0.3 is 25.0 Å². The Kier molecular flexibility index (Phi) is 6.85. The number of rotatable bonds is 7. The summed E-state index contributed by atoms with van der Waals surface area (Å²) in [6.07, 6.45) is -0.149. The molecule has 0 aliphatic carbocycles. The average Bonchev–Trinajstić information content (AvgIpc) is 2.77. The predicted molar refractivity (Wildman–Crippen MR) is 111 cm³/mol. The molecule has 0 spiro atoms. The second kappa shape index (κ2) is 9.54. The fourth-order valence-electron chi connectivity index (χ4n) is 3.29. The highest BCUT2D eigenvalue weighted by Gasteiger charge is 2.28. The molecule has 2 aromatic rings. The van der Waals surface area contributed by atoms with Gasteiger partial charge in [0.1, 0.15) is 12.4 Å². The van der Waals surface area contributed by atoms with Crippen LogP contribution in [-0.2, 0) is 9.53 Å². The number of benzene rings is 2. The molecule has 7 heteroatoms. The van der Waals surface area contributed by atoms with Gasteiger partial charge in [-0.3, -0.25) is 9.59 Å². The SMILES string of the molecule is CNC(=O)c1cccc(N2CC(CNC(C)c3cccc(OC)c3)OCC2=O)c1. The van der Waals surface area contributed by atoms with Crippen LogP contribution < -0.4 is 20.3 Å². The molecule has 0 radical (unpaired) electrons. The molecule has 2 amide bonds. The van der Waals surface area contributed by atoms with E-state index in [1.54, 1.807) is 37.3 Å². The molecule has 2 aromatic carbocycles. The summed E-state index contributed by atoms with van der Waals surface area (Å²) in [6.45, 7) is 3.11. The van der Waals surface area contributed by atoms with E-state index >= 15 is 0 Å². The third kappa shape index (κ3) is 5.13. The molecule has 154 valence electrons. The lowest BCUT2D eigenvalue weighted by Crippen LogP contribution is -2.50. The number of nitrogens with zero attached hydrogens (tertiary/aromatic N) is 1. The normalized spacial score (nSPS) is 17.7. The van der Waals surface area contributed by atoms with Crippen LogP contribution in [0.5, 0.6) is 5.75 Å². The molecule has 0 bridgehead atoms. The van der Waals surface area contributed by atoms with Gasteiger partial charge in [-0.05, 0) is 42.8 Å². The maximum atomic E-state index is 12.4. The Balaban J connectivity index is 1.64. The molecule has 3 rings (SSSR count). The zero-order valence-corrected chi connectivity index (χ0v) is 17.0. The maximum Gasteiger partial charge on any atom is 0.253 e. The third-order valence-corrected chi connectivity index (χ3v) is 5.02. The van der Waals surface area contributed by atoms with Crippen molar-refractivity contribution in [3.05, 3.63) is 59.7 Å². The Morgan fingerprint density at radius 2 is 2.07 bits per heavy atom. The van der Waals surface area contributed by atoms with Crippen molar-refractivity contribution in [3.8, 4) is 5.75 Å². The van der Waals surface area contributed by atoms with E-state index in [4.69, 9.17) is 9.47 Å². The minimum Gasteiger partial charge on any atom is -0.497 e. The molecule has 1 saturated heterocycles. The van der Waals surface area contributed by atoms with E-state index in [2.05, 4.69) is 17.6 Å². The van der Waals surface area contributed by atoms with Crippen molar-refractivity contribution in [2.75, 3.05) is 38.8 Å². The van der Waals surface area contributed by atoms with Crippen molar-refractivity contribution in [1.29, 1.82) is 0 Å². The lowest BCUT2D eigenvalue weighted by Gasteiger charge is -2.33. The van der Waals surface area contributed by atoms with E-state index in [9.17, 15) is 9.59 Å². The first kappa shape index (κ1) is 20.8. The molecule has 29 heavy (non-hydrogen) atoms. The largest absolute Gasteiger partial charge is 0.497 e. The summed E-state index contributed by atoms with van der Waals surface area (Å²) in [6, 6.07) is 15.1. The van der Waals surface area contributed by atoms with E-state index in [-0.39, 0.29) is 30.6 Å². The number of carbonyl (C=O) groups excluding carboxylic acids is 2. The minimum atomic E-state index is -0.183. The van der Waals surface area contributed by atoms with Crippen LogP contribution in [0.2, 0.25) is 0 Å². The first-order valence-electron chi connectivity index (χ1n) is 9.63. The molecule has 7 nitrogen and oxygen atoms in total. The van der Waals surface area contributed by atoms with Crippen LogP contribution in [0.1, 0.15) is 28.9 Å². The van der Waals surface area contributed by atoms with Gasteiger partial charge in [-0.1, -0.05) is 18.2 Å². The second-order valence-corrected chi connectivity index (χ2v) is 6.97. The van der Waals surface area contributed by atoms with Crippen LogP contribution in [0.15, 0.2) is 48.5 Å². The number of morpholine rings is 1. The van der Waals surface area contributed by atoms with E-state index in [0.29, 0.717) is 24.3 Å². The molecule has 1 fully saturated rings. The number of amides is 2. The predicted octanol–water partition coefficient (Wildman–Crippen LogP) is 2.14. The van der Waals surface area contributed by atoms with Gasteiger partial charge >= 0.3 is 0 Å². The molecule has 2 N–H and O–H groups in total. The average molecular weight is 397 g/mol. The minimum absolute atomic E-state index is 0.0179. The van der Waals surface area contributed by atoms with Gasteiger partial charge in [0.05, 0.1) is 19.8 Å². The van der Waals surface area contributed by atoms with E-state index in [0.717, 1.165) is 11.3 Å². The van der Waals surface area contributed by atoms with Crippen LogP contribution in [0.25, 0.3) is 0 Å². The summed E-state index contributed by atoms with van der Waals surface area (Å²) in [4.78, 5) is 26.0. The number of carbonyl (C=O) groups is 2. The molecule has 2 atom stereocenters. The molecule has 2 unspecified atom stereocenters. The summed E-state index contributed by atoms with van der Waals surface area (Å²) in [5.74, 6) is 0.520. The molecule has 0 aromatic heterocycles. The summed E-state index contributed by atoms with van der Waals surface area (Å²) in [5.41, 5.74) is 2.34. The standard InChI is InChI=1S/C22H27N3O4/c1-15(16-6-5-9-19(11-16)28-3)24-12-20-13-25(21(26)14-29-20)18-8-4-7-17(10-18)22(27)23-2/h4-11,15,20,24H,12-14H2,1-3H3,(H,23,27). The van der Waals surface area contributed by atoms with Gasteiger partial charge in [0.2, 0.25) is 0 Å². The first-order valence-corrected chi connectivity index (χ1v) is 9.63. The van der Waals surface area contributed by atoms with Crippen molar-refractivity contribution in [1.82, 2.24) is 10.6 Å². The number of ether oxygens (including phenoxy) is 2. The van der Waals surface area contributed by atoms with Gasteiger partial charge in [0.25, 0.3) is 11.8 Å². The monoisotopic (exact) mass is 397 g/mol. The van der Waals surface area contributed by atoms with Gasteiger partial charge in [0.15, 0.2) is 0 Å². The summed E-state index contributed by atoms with van der Waals surface area (Å²) in [7, 11) is 3.23. The number of methoxy groups -OCH3 is 1. The Bertz CT molecular complexity index is 871. The fraction of sp³-hybridized carbons (Fsp3) is 0.364. The number of nitrogens with one attached hydrogen (secondary N) is 2. The third-order valence-electron chi connectivity index (χ3n) is 5.02. The van der Waals surface area contributed by atoms with Gasteiger partial charge in [-0.2, -0.15) is 0 Å². The highest BCUT2D eigenvalue weighted by atomic mass is 16.5. The molecule has 1 aliphatic rings. The lowest BCUT2D eigenvalue weighted by atomic mass is 10.1. The topological polar surface area (TPSA) is 79.9 Å². The summed E-state index contributed by atoms with van der Waals surface area (Å²) < 4.78 is 11.0. The van der Waals surface area contributed by atoms with Crippen molar-refractivity contribution in [2.24, 2.45) is 0 Å². The fourth-order valence-corrected chi connectivity index (χ4v) is 3.29. The Morgan fingerprint density at radius 1 is 1.28 bits per heavy atom. The zero-order valence-electron chi connectivity index (χ0n) is 17.0. The Hall–Kier alpha value is -2.90. The summed E-state index contributed by atoms with van der Waals surface area (Å²) in [5, 5.41) is 6.06. The maximum absolute atomic E-state index is 12.4. The Morgan fingerprint density at radius 3 is 2.83 bits per heavy atom. The summed E-state index contributed by atoms with van der Waals surface area (Å²) >= 11 is 0. The van der Waals surface area contributed by atoms with Crippen molar-refractivity contribution in [3.63, 3.8) is 0 Å². The van der Waals surface area contributed by atoms with Crippen LogP contribution in [0.3, 0.4) is 0 Å². The van der Waals surface area contributed by atoms with Crippen LogP contribution in [0.4, 0.5) is 5.69 Å². The molecular weight excluding hydrogens is 370 g/mol. The molecule has 1 heterocycles. The lowest BCUT2D eigenvalue weighted by molar-refractivity contribution is -0.129. The van der Waals surface area contributed by atoms with Crippen LogP contribution in [0, 0.1) is 0 Å². The number of hydrogen-bond donors (Lipinski definition) is 2. The van der Waals surface area contributed by atoms with Gasteiger partial charge in [0, 0.05) is 30.9 Å². The first-order chi connectivity index (χ1) is 14.0. The van der Waals surface area contributed by atoms with Gasteiger partial charge in [-0.25, -0.2) is 0 Å². The Labute approximate surface area is 171 Å². The molecular formula is C22H27N3O4. The highest BCUT2D eigenvalue weighted by molar-refractivity contribution is 5.98. The van der Waals surface area contributed by atoms with Gasteiger partial charge in [-0.15, -0.1) is 0 Å². The smallest absolute Gasteiger partial charge is 0.253 e. The number of hydrogen-bond acceptors (Lipinski definition) is 5. The quantitative estimate of drug-likeness (QED) is 0.748. The van der Waals surface area contributed by atoms with E-state index in [1.165, 1.54) is 0 Å². The zero-order chi connectivity index (χ0) is 20.8. The van der Waals surface area contributed by atoms with Crippen LogP contribution in [-0.4, -0.2) is 51.8 Å². The molecule has 1 aliphatic heterocycles. The van der Waals surface area contributed by atoms with E-state index in [1.807, 2.05) is 30.3 Å². The van der Waals surface area contributed by atoms with Crippen molar-refractivity contribution < 1.29 is 19.1 Å².